The first kappa shape index (κ1) is 16.3. The molecule has 26 heavy (non-hydrogen) atoms. The average Bonchev–Trinajstić information content (AvgIpc) is 3.24. The van der Waals surface area contributed by atoms with Gasteiger partial charge in [-0.3, -0.25) is 0 Å². The van der Waals surface area contributed by atoms with Crippen molar-refractivity contribution < 1.29 is 23.2 Å². The summed E-state index contributed by atoms with van der Waals surface area (Å²) in [7, 11) is 0. The Labute approximate surface area is 149 Å². The van der Waals surface area contributed by atoms with Crippen LogP contribution in [0.25, 0.3) is 11.3 Å². The molecule has 0 amide bonds. The summed E-state index contributed by atoms with van der Waals surface area (Å²) in [6.45, 7) is 1.93. The highest BCUT2D eigenvalue weighted by atomic mass is 19.1. The van der Waals surface area contributed by atoms with E-state index in [1.54, 1.807) is 12.1 Å². The van der Waals surface area contributed by atoms with Crippen molar-refractivity contribution in [1.29, 1.82) is 0 Å². The third kappa shape index (κ3) is 3.18. The predicted octanol–water partition coefficient (Wildman–Crippen LogP) is 4.16. The van der Waals surface area contributed by atoms with Gasteiger partial charge in [0.2, 0.25) is 0 Å². The fourth-order valence-corrected chi connectivity index (χ4v) is 2.94. The van der Waals surface area contributed by atoms with Gasteiger partial charge in [0.1, 0.15) is 30.0 Å². The van der Waals surface area contributed by atoms with Gasteiger partial charge in [-0.1, -0.05) is 17.3 Å². The molecule has 0 radical (unpaired) electrons. The van der Waals surface area contributed by atoms with Crippen molar-refractivity contribution in [3.8, 4) is 17.1 Å². The maximum atomic E-state index is 13.6. The Hall–Kier alpha value is -3.15. The van der Waals surface area contributed by atoms with Crippen molar-refractivity contribution in [1.82, 2.24) is 5.16 Å². The summed E-state index contributed by atoms with van der Waals surface area (Å²) in [4.78, 5) is 11.9. The van der Waals surface area contributed by atoms with Gasteiger partial charge in [0, 0.05) is 18.1 Å². The highest BCUT2D eigenvalue weighted by molar-refractivity contribution is 5.89. The minimum atomic E-state index is -0.740. The molecule has 0 N–H and O–H groups in total. The van der Waals surface area contributed by atoms with Gasteiger partial charge in [0.15, 0.2) is 5.76 Å². The van der Waals surface area contributed by atoms with E-state index in [2.05, 4.69) is 5.16 Å². The van der Waals surface area contributed by atoms with Crippen LogP contribution in [0.4, 0.5) is 4.39 Å². The first-order valence-corrected chi connectivity index (χ1v) is 8.27. The Bertz CT molecular complexity index is 966. The number of carbonyl (C=O) groups is 1. The monoisotopic (exact) mass is 353 g/mol. The maximum absolute atomic E-state index is 13.6. The lowest BCUT2D eigenvalue weighted by Gasteiger charge is -2.03. The number of rotatable bonds is 4. The van der Waals surface area contributed by atoms with E-state index in [0.717, 1.165) is 23.3 Å². The van der Waals surface area contributed by atoms with Crippen molar-refractivity contribution >= 4 is 5.97 Å². The van der Waals surface area contributed by atoms with Crippen LogP contribution in [0.2, 0.25) is 0 Å². The molecule has 0 spiro atoms. The summed E-state index contributed by atoms with van der Waals surface area (Å²) in [5, 5.41) is 3.91. The summed E-state index contributed by atoms with van der Waals surface area (Å²) < 4.78 is 29.7. The number of nitrogens with zero attached hydrogens (tertiary/aromatic N) is 1. The molecule has 0 bridgehead atoms. The molecule has 2 aromatic carbocycles. The quantitative estimate of drug-likeness (QED) is 0.659. The zero-order valence-corrected chi connectivity index (χ0v) is 14.1. The molecule has 1 atom stereocenters. The SMILES string of the molecule is CC1Cc2cc(-c3cc(COC(=O)c4ccccc4F)no3)ccc2O1. The fraction of sp³-hybridized carbons (Fsp3) is 0.200. The summed E-state index contributed by atoms with van der Waals surface area (Å²) >= 11 is 0. The van der Waals surface area contributed by atoms with E-state index in [1.807, 2.05) is 25.1 Å². The van der Waals surface area contributed by atoms with Gasteiger partial charge >= 0.3 is 5.97 Å². The van der Waals surface area contributed by atoms with Crippen LogP contribution in [-0.2, 0) is 17.8 Å². The zero-order valence-electron chi connectivity index (χ0n) is 14.1. The molecule has 5 nitrogen and oxygen atoms in total. The summed E-state index contributed by atoms with van der Waals surface area (Å²) in [6.07, 6.45) is 1.02. The van der Waals surface area contributed by atoms with Gasteiger partial charge in [-0.2, -0.15) is 0 Å². The molecule has 0 fully saturated rings. The van der Waals surface area contributed by atoms with Crippen molar-refractivity contribution in [3.05, 3.63) is 71.2 Å². The van der Waals surface area contributed by atoms with Gasteiger partial charge < -0.3 is 14.0 Å². The number of fused-ring (bicyclic) bond motifs is 1. The van der Waals surface area contributed by atoms with E-state index in [-0.39, 0.29) is 18.3 Å². The van der Waals surface area contributed by atoms with Gasteiger partial charge in [-0.25, -0.2) is 9.18 Å². The van der Waals surface area contributed by atoms with Crippen LogP contribution in [0.1, 0.15) is 28.5 Å². The van der Waals surface area contributed by atoms with Crippen LogP contribution in [0.3, 0.4) is 0 Å². The molecule has 6 heteroatoms. The number of benzene rings is 2. The second-order valence-electron chi connectivity index (χ2n) is 6.19. The fourth-order valence-electron chi connectivity index (χ4n) is 2.94. The first-order chi connectivity index (χ1) is 12.6. The zero-order chi connectivity index (χ0) is 18.1. The Morgan fingerprint density at radius 2 is 2.12 bits per heavy atom. The number of ether oxygens (including phenoxy) is 2. The van der Waals surface area contributed by atoms with Crippen molar-refractivity contribution in [2.24, 2.45) is 0 Å². The molecule has 2 heterocycles. The Balaban J connectivity index is 1.45. The van der Waals surface area contributed by atoms with Crippen LogP contribution in [0, 0.1) is 5.82 Å². The summed E-state index contributed by atoms with van der Waals surface area (Å²) in [5.74, 6) is 0.105. The number of carbonyl (C=O) groups excluding carboxylic acids is 1. The van der Waals surface area contributed by atoms with E-state index in [4.69, 9.17) is 14.0 Å². The normalized spacial score (nSPS) is 15.4. The van der Waals surface area contributed by atoms with E-state index in [0.29, 0.717) is 11.5 Å². The van der Waals surface area contributed by atoms with Crippen LogP contribution in [0.15, 0.2) is 53.1 Å². The molecular formula is C20H16FNO4. The molecule has 0 saturated carbocycles. The maximum Gasteiger partial charge on any atom is 0.341 e. The Morgan fingerprint density at radius 1 is 1.27 bits per heavy atom. The number of halogens is 1. The Morgan fingerprint density at radius 3 is 2.96 bits per heavy atom. The molecule has 0 saturated heterocycles. The Kier molecular flexibility index (Phi) is 4.16. The molecule has 3 aromatic rings. The minimum Gasteiger partial charge on any atom is -0.490 e. The van der Waals surface area contributed by atoms with Gasteiger partial charge in [-0.05, 0) is 42.8 Å². The van der Waals surface area contributed by atoms with Gasteiger partial charge in [0.05, 0.1) is 5.56 Å². The molecule has 1 unspecified atom stereocenters. The molecule has 0 aliphatic carbocycles. The van der Waals surface area contributed by atoms with Crippen molar-refractivity contribution in [2.75, 3.05) is 0 Å². The average molecular weight is 353 g/mol. The van der Waals surface area contributed by atoms with Crippen LogP contribution < -0.4 is 4.74 Å². The lowest BCUT2D eigenvalue weighted by atomic mass is 10.1. The van der Waals surface area contributed by atoms with Crippen molar-refractivity contribution in [3.63, 3.8) is 0 Å². The summed E-state index contributed by atoms with van der Waals surface area (Å²) in [6, 6.07) is 13.2. The standard InChI is InChI=1S/C20H16FNO4/c1-12-8-14-9-13(6-7-18(14)25-12)19-10-15(22-26-19)11-24-20(23)16-4-2-3-5-17(16)21/h2-7,9-10,12H,8,11H2,1H3. The molecule has 1 aliphatic heterocycles. The molecule has 4 rings (SSSR count). The summed E-state index contributed by atoms with van der Waals surface area (Å²) in [5.41, 5.74) is 2.35. The third-order valence-electron chi connectivity index (χ3n) is 4.18. The van der Waals surface area contributed by atoms with Gasteiger partial charge in [-0.15, -0.1) is 0 Å². The largest absolute Gasteiger partial charge is 0.490 e. The predicted molar refractivity (Wildman–Crippen MR) is 91.3 cm³/mol. The molecule has 1 aromatic heterocycles. The van der Waals surface area contributed by atoms with Crippen LogP contribution in [0.5, 0.6) is 5.75 Å². The second-order valence-corrected chi connectivity index (χ2v) is 6.19. The lowest BCUT2D eigenvalue weighted by Crippen LogP contribution is -2.07. The topological polar surface area (TPSA) is 61.6 Å². The third-order valence-corrected chi connectivity index (χ3v) is 4.18. The van der Waals surface area contributed by atoms with Crippen molar-refractivity contribution in [2.45, 2.75) is 26.1 Å². The molecule has 1 aliphatic rings. The first-order valence-electron chi connectivity index (χ1n) is 8.27. The van der Waals surface area contributed by atoms with E-state index < -0.39 is 11.8 Å². The number of aromatic nitrogens is 1. The van der Waals surface area contributed by atoms with E-state index in [1.165, 1.54) is 18.2 Å². The number of hydrogen-bond donors (Lipinski definition) is 0. The van der Waals surface area contributed by atoms with Gasteiger partial charge in [0.25, 0.3) is 0 Å². The number of esters is 1. The number of hydrogen-bond acceptors (Lipinski definition) is 5. The van der Waals surface area contributed by atoms with Crippen LogP contribution >= 0.6 is 0 Å². The lowest BCUT2D eigenvalue weighted by molar-refractivity contribution is 0.0459. The van der Waals surface area contributed by atoms with E-state index in [9.17, 15) is 9.18 Å². The highest BCUT2D eigenvalue weighted by Gasteiger charge is 2.20. The molecule has 132 valence electrons. The highest BCUT2D eigenvalue weighted by Crippen LogP contribution is 2.33. The second kappa shape index (κ2) is 6.63. The smallest absolute Gasteiger partial charge is 0.341 e. The van der Waals surface area contributed by atoms with Crippen LogP contribution in [-0.4, -0.2) is 17.2 Å². The van der Waals surface area contributed by atoms with E-state index >= 15 is 0 Å². The minimum absolute atomic E-state index is 0.0955. The molecular weight excluding hydrogens is 337 g/mol.